The molecule has 1 aromatic carbocycles. The molecular formula is C24H24N6O. The summed E-state index contributed by atoms with van der Waals surface area (Å²) in [5.41, 5.74) is 4.51. The molecule has 0 unspecified atom stereocenters. The number of hydrogen-bond acceptors (Lipinski definition) is 5. The smallest absolute Gasteiger partial charge is 0.256 e. The molecule has 5 rings (SSSR count). The number of rotatable bonds is 5. The minimum atomic E-state index is -0.161. The maximum absolute atomic E-state index is 12.8. The van der Waals surface area contributed by atoms with Crippen molar-refractivity contribution < 1.29 is 4.79 Å². The van der Waals surface area contributed by atoms with E-state index in [1.165, 1.54) is 12.8 Å². The first kappa shape index (κ1) is 19.4. The topological polar surface area (TPSA) is 75.9 Å². The molecule has 1 aliphatic rings. The number of aromatic nitrogens is 4. The molecule has 3 aromatic heterocycles. The summed E-state index contributed by atoms with van der Waals surface area (Å²) in [4.78, 5) is 28.3. The summed E-state index contributed by atoms with van der Waals surface area (Å²) in [5.74, 6) is 0.345. The Hall–Kier alpha value is -3.58. The van der Waals surface area contributed by atoms with Gasteiger partial charge in [-0.05, 0) is 55.8 Å². The number of carbonyl (C=O) groups excluding carboxylic acids is 1. The molecule has 4 heterocycles. The zero-order valence-corrected chi connectivity index (χ0v) is 17.5. The molecule has 0 aliphatic carbocycles. The number of aryl methyl sites for hydroxylation is 1. The molecular weight excluding hydrogens is 388 g/mol. The van der Waals surface area contributed by atoms with Crippen LogP contribution in [-0.2, 0) is 13.6 Å². The molecule has 1 amide bonds. The molecule has 1 N–H and O–H groups in total. The fourth-order valence-electron chi connectivity index (χ4n) is 4.07. The Morgan fingerprint density at radius 3 is 2.74 bits per heavy atom. The van der Waals surface area contributed by atoms with Crippen molar-refractivity contribution >= 4 is 22.6 Å². The number of hydrogen-bond donors (Lipinski definition) is 1. The van der Waals surface area contributed by atoms with Crippen LogP contribution in [0.2, 0.25) is 0 Å². The molecule has 1 aliphatic heterocycles. The largest absolute Gasteiger partial charge is 0.334 e. The van der Waals surface area contributed by atoms with Crippen molar-refractivity contribution in [1.82, 2.24) is 24.4 Å². The highest BCUT2D eigenvalue weighted by Gasteiger charge is 2.14. The van der Waals surface area contributed by atoms with Gasteiger partial charge in [0.25, 0.3) is 5.91 Å². The molecule has 7 heteroatoms. The Balaban J connectivity index is 1.36. The number of likely N-dealkylation sites (tertiary alicyclic amines) is 1. The third-order valence-corrected chi connectivity index (χ3v) is 5.72. The molecule has 31 heavy (non-hydrogen) atoms. The number of nitrogens with one attached hydrogen (secondary N) is 1. The first-order valence-electron chi connectivity index (χ1n) is 10.5. The molecule has 0 spiro atoms. The molecule has 0 radical (unpaired) electrons. The first-order chi connectivity index (χ1) is 15.2. The van der Waals surface area contributed by atoms with Crippen LogP contribution in [0.15, 0.2) is 61.3 Å². The van der Waals surface area contributed by atoms with Gasteiger partial charge in [-0.1, -0.05) is 12.1 Å². The Morgan fingerprint density at radius 2 is 1.94 bits per heavy atom. The van der Waals surface area contributed by atoms with Crippen molar-refractivity contribution in [3.8, 4) is 11.3 Å². The molecule has 1 fully saturated rings. The Bertz CT molecular complexity index is 1240. The number of amides is 1. The Morgan fingerprint density at radius 1 is 1.06 bits per heavy atom. The predicted octanol–water partition coefficient (Wildman–Crippen LogP) is 3.88. The molecule has 0 bridgehead atoms. The van der Waals surface area contributed by atoms with Crippen LogP contribution in [0.5, 0.6) is 0 Å². The van der Waals surface area contributed by atoms with E-state index in [9.17, 15) is 4.79 Å². The highest BCUT2D eigenvalue weighted by molar-refractivity contribution is 6.04. The van der Waals surface area contributed by atoms with Gasteiger partial charge in [0.15, 0.2) is 0 Å². The number of carbonyl (C=O) groups is 1. The van der Waals surface area contributed by atoms with Crippen molar-refractivity contribution in [3.63, 3.8) is 0 Å². The number of benzene rings is 1. The van der Waals surface area contributed by atoms with Crippen LogP contribution in [0.4, 0.5) is 5.82 Å². The summed E-state index contributed by atoms with van der Waals surface area (Å²) in [7, 11) is 1.95. The lowest BCUT2D eigenvalue weighted by molar-refractivity contribution is 0.102. The standard InChI is InChI=1S/C24H24N6O/c1-29-16-25-14-22(29)20-10-19-11-23(27-13-21(19)26-12-20)28-24(31)18-6-4-5-17(9-18)15-30-7-2-3-8-30/h4-6,9-14,16H,2-3,7-8,15H2,1H3,(H,27,28,31). The zero-order chi connectivity index (χ0) is 21.2. The molecule has 1 saturated heterocycles. The normalized spacial score (nSPS) is 14.2. The highest BCUT2D eigenvalue weighted by atomic mass is 16.1. The van der Waals surface area contributed by atoms with Crippen molar-refractivity contribution in [1.29, 1.82) is 0 Å². The van der Waals surface area contributed by atoms with Gasteiger partial charge in [0.2, 0.25) is 0 Å². The SMILES string of the molecule is Cn1cncc1-c1cnc2cnc(NC(=O)c3cccc(CN4CCCC4)c3)cc2c1. The van der Waals surface area contributed by atoms with Gasteiger partial charge in [0, 0.05) is 36.3 Å². The second-order valence-electron chi connectivity index (χ2n) is 8.01. The van der Waals surface area contributed by atoms with Crippen LogP contribution in [-0.4, -0.2) is 43.4 Å². The maximum atomic E-state index is 12.8. The van der Waals surface area contributed by atoms with E-state index >= 15 is 0 Å². The fraction of sp³-hybridized carbons (Fsp3) is 0.250. The monoisotopic (exact) mass is 412 g/mol. The second kappa shape index (κ2) is 8.28. The number of fused-ring (bicyclic) bond motifs is 1. The molecule has 156 valence electrons. The van der Waals surface area contributed by atoms with E-state index in [1.807, 2.05) is 54.3 Å². The van der Waals surface area contributed by atoms with E-state index in [0.29, 0.717) is 11.4 Å². The average Bonchev–Trinajstić information content (AvgIpc) is 3.45. The summed E-state index contributed by atoms with van der Waals surface area (Å²) >= 11 is 0. The summed E-state index contributed by atoms with van der Waals surface area (Å²) in [6, 6.07) is 11.7. The number of imidazole rings is 1. The lowest BCUT2D eigenvalue weighted by atomic mass is 10.1. The van der Waals surface area contributed by atoms with Crippen molar-refractivity contribution in [2.24, 2.45) is 7.05 Å². The minimum absolute atomic E-state index is 0.161. The van der Waals surface area contributed by atoms with Crippen molar-refractivity contribution in [3.05, 3.63) is 72.4 Å². The highest BCUT2D eigenvalue weighted by Crippen LogP contribution is 2.23. The summed E-state index contributed by atoms with van der Waals surface area (Å²) in [6.45, 7) is 3.15. The minimum Gasteiger partial charge on any atom is -0.334 e. The summed E-state index contributed by atoms with van der Waals surface area (Å²) in [5, 5.41) is 3.84. The fourth-order valence-corrected chi connectivity index (χ4v) is 4.07. The number of nitrogens with zero attached hydrogens (tertiary/aromatic N) is 5. The third-order valence-electron chi connectivity index (χ3n) is 5.72. The lowest BCUT2D eigenvalue weighted by Gasteiger charge is -2.15. The number of anilines is 1. The van der Waals surface area contributed by atoms with Crippen molar-refractivity contribution in [2.75, 3.05) is 18.4 Å². The lowest BCUT2D eigenvalue weighted by Crippen LogP contribution is -2.19. The van der Waals surface area contributed by atoms with E-state index in [1.54, 1.807) is 12.5 Å². The zero-order valence-electron chi connectivity index (χ0n) is 17.5. The summed E-state index contributed by atoms with van der Waals surface area (Å²) < 4.78 is 1.95. The van der Waals surface area contributed by atoms with Crippen LogP contribution >= 0.6 is 0 Å². The third kappa shape index (κ3) is 4.18. The molecule has 4 aromatic rings. The summed E-state index contributed by atoms with van der Waals surface area (Å²) in [6.07, 6.45) is 9.57. The molecule has 0 saturated carbocycles. The van der Waals surface area contributed by atoms with Gasteiger partial charge in [0.05, 0.1) is 29.9 Å². The van der Waals surface area contributed by atoms with Crippen LogP contribution < -0.4 is 5.32 Å². The van der Waals surface area contributed by atoms with E-state index < -0.39 is 0 Å². The van der Waals surface area contributed by atoms with E-state index in [4.69, 9.17) is 0 Å². The van der Waals surface area contributed by atoms with Gasteiger partial charge in [-0.2, -0.15) is 0 Å². The Kier molecular flexibility index (Phi) is 5.18. The van der Waals surface area contributed by atoms with E-state index in [-0.39, 0.29) is 5.91 Å². The van der Waals surface area contributed by atoms with Crippen LogP contribution in [0, 0.1) is 0 Å². The van der Waals surface area contributed by atoms with E-state index in [2.05, 4.69) is 31.2 Å². The van der Waals surface area contributed by atoms with Crippen LogP contribution in [0.3, 0.4) is 0 Å². The van der Waals surface area contributed by atoms with Gasteiger partial charge < -0.3 is 9.88 Å². The quantitative estimate of drug-likeness (QED) is 0.538. The second-order valence-corrected chi connectivity index (χ2v) is 8.01. The van der Waals surface area contributed by atoms with E-state index in [0.717, 1.165) is 47.4 Å². The van der Waals surface area contributed by atoms with Crippen LogP contribution in [0.1, 0.15) is 28.8 Å². The van der Waals surface area contributed by atoms with Gasteiger partial charge in [0.1, 0.15) is 5.82 Å². The van der Waals surface area contributed by atoms with Gasteiger partial charge in [-0.25, -0.2) is 9.97 Å². The van der Waals surface area contributed by atoms with Gasteiger partial charge >= 0.3 is 0 Å². The number of pyridine rings is 2. The van der Waals surface area contributed by atoms with Crippen LogP contribution in [0.25, 0.3) is 22.2 Å². The predicted molar refractivity (Wildman–Crippen MR) is 121 cm³/mol. The van der Waals surface area contributed by atoms with Gasteiger partial charge in [-0.3, -0.25) is 14.7 Å². The first-order valence-corrected chi connectivity index (χ1v) is 10.5. The van der Waals surface area contributed by atoms with Gasteiger partial charge in [-0.15, -0.1) is 0 Å². The maximum Gasteiger partial charge on any atom is 0.256 e. The molecule has 0 atom stereocenters. The average molecular weight is 412 g/mol. The Labute approximate surface area is 180 Å². The van der Waals surface area contributed by atoms with Crippen molar-refractivity contribution in [2.45, 2.75) is 19.4 Å². The molecule has 7 nitrogen and oxygen atoms in total.